The monoisotopic (exact) mass is 473 g/mol. The fourth-order valence-electron chi connectivity index (χ4n) is 4.16. The Kier molecular flexibility index (Phi) is 7.05. The molecule has 0 saturated carbocycles. The molecule has 2 aromatic carbocycles. The summed E-state index contributed by atoms with van der Waals surface area (Å²) in [6.45, 7) is 6.99. The van der Waals surface area contributed by atoms with E-state index in [0.29, 0.717) is 16.8 Å². The van der Waals surface area contributed by atoms with Gasteiger partial charge in [0.15, 0.2) is 0 Å². The maximum Gasteiger partial charge on any atom is 0.419 e. The van der Waals surface area contributed by atoms with Crippen molar-refractivity contribution >= 4 is 40.6 Å². The average Bonchev–Trinajstić information content (AvgIpc) is 3.21. The predicted molar refractivity (Wildman–Crippen MR) is 137 cm³/mol. The van der Waals surface area contributed by atoms with Gasteiger partial charge >= 0.3 is 6.09 Å². The van der Waals surface area contributed by atoms with Crippen molar-refractivity contribution in [3.63, 3.8) is 0 Å². The Labute approximate surface area is 205 Å². The first-order valence-electron chi connectivity index (χ1n) is 11.9. The number of para-hydroxylation sites is 1. The van der Waals surface area contributed by atoms with Crippen LogP contribution < -0.4 is 5.32 Å². The molecule has 0 unspecified atom stereocenters. The quantitative estimate of drug-likeness (QED) is 0.493. The fraction of sp³-hybridized carbons (Fsp3) is 0.321. The Bertz CT molecular complexity index is 1280. The molecular formula is C28H31N3O4. The van der Waals surface area contributed by atoms with E-state index in [1.165, 1.54) is 10.6 Å². The molecule has 1 saturated heterocycles. The lowest BCUT2D eigenvalue weighted by atomic mass is 10.1. The van der Waals surface area contributed by atoms with Crippen molar-refractivity contribution in [2.75, 3.05) is 18.4 Å². The fourth-order valence-corrected chi connectivity index (χ4v) is 4.16. The van der Waals surface area contributed by atoms with Crippen molar-refractivity contribution in [1.82, 2.24) is 9.47 Å². The minimum atomic E-state index is -0.623. The summed E-state index contributed by atoms with van der Waals surface area (Å²) in [4.78, 5) is 40.0. The molecule has 0 spiro atoms. The maximum atomic E-state index is 12.8. The third-order valence-corrected chi connectivity index (χ3v) is 5.77. The third kappa shape index (κ3) is 5.98. The van der Waals surface area contributed by atoms with Crippen LogP contribution in [0.4, 0.5) is 10.5 Å². The molecule has 7 heteroatoms. The van der Waals surface area contributed by atoms with E-state index in [1.807, 2.05) is 49.9 Å². The minimum absolute atomic E-state index is 0.00806. The zero-order valence-electron chi connectivity index (χ0n) is 20.4. The first-order valence-corrected chi connectivity index (χ1v) is 11.9. The first kappa shape index (κ1) is 24.3. The van der Waals surface area contributed by atoms with E-state index in [-0.39, 0.29) is 11.8 Å². The largest absolute Gasteiger partial charge is 0.443 e. The third-order valence-electron chi connectivity index (χ3n) is 5.77. The lowest BCUT2D eigenvalue weighted by molar-refractivity contribution is -0.111. The number of likely N-dealkylation sites (tertiary alicyclic amines) is 1. The van der Waals surface area contributed by atoms with Gasteiger partial charge in [-0.2, -0.15) is 0 Å². The summed E-state index contributed by atoms with van der Waals surface area (Å²) in [5.74, 6) is -0.340. The van der Waals surface area contributed by atoms with Crippen molar-refractivity contribution in [2.45, 2.75) is 45.6 Å². The number of carbonyl (C=O) groups excluding carboxylic acids is 3. The van der Waals surface area contributed by atoms with Gasteiger partial charge in [-0.15, -0.1) is 0 Å². The van der Waals surface area contributed by atoms with Crippen molar-refractivity contribution in [3.05, 3.63) is 71.9 Å². The van der Waals surface area contributed by atoms with Gasteiger partial charge in [0.25, 0.3) is 5.91 Å². The molecule has 0 atom stereocenters. The Morgan fingerprint density at radius 2 is 1.71 bits per heavy atom. The van der Waals surface area contributed by atoms with Gasteiger partial charge in [-0.1, -0.05) is 24.3 Å². The number of nitrogens with one attached hydrogen (secondary N) is 1. The molecule has 4 rings (SSSR count). The van der Waals surface area contributed by atoms with Gasteiger partial charge in [0, 0.05) is 47.6 Å². The molecule has 1 aliphatic heterocycles. The Hall–Kier alpha value is -3.87. The second-order valence-corrected chi connectivity index (χ2v) is 9.71. The molecule has 3 aromatic rings. The molecule has 1 N–H and O–H groups in total. The summed E-state index contributed by atoms with van der Waals surface area (Å²) in [5, 5.41) is 3.65. The molecule has 182 valence electrons. The molecule has 0 aliphatic carbocycles. The highest BCUT2D eigenvalue weighted by Crippen LogP contribution is 2.24. The van der Waals surface area contributed by atoms with E-state index in [9.17, 15) is 14.4 Å². The summed E-state index contributed by atoms with van der Waals surface area (Å²) in [5.41, 5.74) is 1.91. The van der Waals surface area contributed by atoms with Crippen LogP contribution >= 0.6 is 0 Å². The number of benzene rings is 2. The van der Waals surface area contributed by atoms with Crippen molar-refractivity contribution in [1.29, 1.82) is 0 Å². The second kappa shape index (κ2) is 10.2. The van der Waals surface area contributed by atoms with Gasteiger partial charge in [0.2, 0.25) is 5.91 Å². The average molecular weight is 474 g/mol. The first-order chi connectivity index (χ1) is 16.7. The van der Waals surface area contributed by atoms with Gasteiger partial charge in [0.05, 0.1) is 5.52 Å². The number of amides is 2. The summed E-state index contributed by atoms with van der Waals surface area (Å²) < 4.78 is 6.97. The van der Waals surface area contributed by atoms with Crippen LogP contribution in [0.15, 0.2) is 60.8 Å². The topological polar surface area (TPSA) is 80.6 Å². The van der Waals surface area contributed by atoms with Crippen LogP contribution in [-0.2, 0) is 9.53 Å². The number of anilines is 1. The lowest BCUT2D eigenvalue weighted by Crippen LogP contribution is -2.35. The highest BCUT2D eigenvalue weighted by molar-refractivity contribution is 6.05. The lowest BCUT2D eigenvalue weighted by Gasteiger charge is -2.26. The van der Waals surface area contributed by atoms with Gasteiger partial charge < -0.3 is 15.0 Å². The molecule has 1 aliphatic rings. The van der Waals surface area contributed by atoms with E-state index in [0.717, 1.165) is 43.3 Å². The van der Waals surface area contributed by atoms with Crippen molar-refractivity contribution in [3.8, 4) is 0 Å². The van der Waals surface area contributed by atoms with Crippen LogP contribution in [0.25, 0.3) is 17.0 Å². The summed E-state index contributed by atoms with van der Waals surface area (Å²) in [7, 11) is 0. The highest BCUT2D eigenvalue weighted by Gasteiger charge is 2.21. The SMILES string of the molecule is CC(C)(C)OC(=O)n1cc(/C=C/C(=O)Nc2cccc(C(=O)N3CCCCC3)c2)c2ccccc21. The number of ether oxygens (including phenoxy) is 1. The van der Waals surface area contributed by atoms with Gasteiger partial charge in [0.1, 0.15) is 5.60 Å². The van der Waals surface area contributed by atoms with Crippen LogP contribution in [-0.4, -0.2) is 46.1 Å². The van der Waals surface area contributed by atoms with E-state index in [2.05, 4.69) is 5.32 Å². The van der Waals surface area contributed by atoms with Crippen LogP contribution in [0, 0.1) is 0 Å². The van der Waals surface area contributed by atoms with Crippen LogP contribution in [0.1, 0.15) is 56.0 Å². The standard InChI is InChI=1S/C28H31N3O4/c1-28(2,3)35-27(34)31-19-21(23-12-5-6-13-24(23)31)14-15-25(32)29-22-11-9-10-20(18-22)26(33)30-16-7-4-8-17-30/h5-6,9-15,18-19H,4,7-8,16-17H2,1-3H3,(H,29,32)/b15-14+. The maximum absolute atomic E-state index is 12.8. The molecule has 2 heterocycles. The minimum Gasteiger partial charge on any atom is -0.443 e. The Balaban J connectivity index is 1.49. The second-order valence-electron chi connectivity index (χ2n) is 9.71. The number of rotatable bonds is 4. The molecular weight excluding hydrogens is 442 g/mol. The molecule has 2 amide bonds. The van der Waals surface area contributed by atoms with E-state index >= 15 is 0 Å². The summed E-state index contributed by atoms with van der Waals surface area (Å²) in [6.07, 6.45) is 7.48. The summed E-state index contributed by atoms with van der Waals surface area (Å²) >= 11 is 0. The number of aromatic nitrogens is 1. The van der Waals surface area contributed by atoms with E-state index in [4.69, 9.17) is 4.74 Å². The van der Waals surface area contributed by atoms with Crippen molar-refractivity contribution < 1.29 is 19.1 Å². The van der Waals surface area contributed by atoms with Crippen molar-refractivity contribution in [2.24, 2.45) is 0 Å². The normalized spacial score (nSPS) is 14.3. The number of hydrogen-bond donors (Lipinski definition) is 1. The number of carbonyl (C=O) groups is 3. The van der Waals surface area contributed by atoms with Gasteiger partial charge in [-0.05, 0) is 70.4 Å². The van der Waals surface area contributed by atoms with Gasteiger partial charge in [-0.3, -0.25) is 14.2 Å². The van der Waals surface area contributed by atoms with E-state index in [1.54, 1.807) is 36.5 Å². The number of piperidine rings is 1. The number of hydrogen-bond acceptors (Lipinski definition) is 4. The molecule has 1 aromatic heterocycles. The summed E-state index contributed by atoms with van der Waals surface area (Å²) in [6, 6.07) is 14.5. The van der Waals surface area contributed by atoms with Crippen LogP contribution in [0.3, 0.4) is 0 Å². The number of nitrogens with zero attached hydrogens (tertiary/aromatic N) is 2. The highest BCUT2D eigenvalue weighted by atomic mass is 16.6. The Morgan fingerprint density at radius 1 is 0.971 bits per heavy atom. The molecule has 0 radical (unpaired) electrons. The van der Waals surface area contributed by atoms with Gasteiger partial charge in [-0.25, -0.2) is 4.79 Å². The van der Waals surface area contributed by atoms with Crippen LogP contribution in [0.2, 0.25) is 0 Å². The van der Waals surface area contributed by atoms with E-state index < -0.39 is 11.7 Å². The Morgan fingerprint density at radius 3 is 2.46 bits per heavy atom. The molecule has 7 nitrogen and oxygen atoms in total. The molecule has 35 heavy (non-hydrogen) atoms. The molecule has 1 fully saturated rings. The zero-order valence-corrected chi connectivity index (χ0v) is 20.4. The zero-order chi connectivity index (χ0) is 25.0. The van der Waals surface area contributed by atoms with Crippen LogP contribution in [0.5, 0.6) is 0 Å². The molecule has 0 bridgehead atoms. The number of fused-ring (bicyclic) bond motifs is 1. The predicted octanol–water partition coefficient (Wildman–Crippen LogP) is 5.70. The smallest absolute Gasteiger partial charge is 0.419 e.